The van der Waals surface area contributed by atoms with E-state index < -0.39 is 0 Å². The normalized spacial score (nSPS) is 12.8. The number of fused-ring (bicyclic) bond motifs is 1. The highest BCUT2D eigenvalue weighted by molar-refractivity contribution is 5.49. The number of halogens is 1. The van der Waals surface area contributed by atoms with Gasteiger partial charge in [0.05, 0.1) is 17.3 Å². The second kappa shape index (κ2) is 5.34. The molecular formula is C17H15FN2. The molecule has 2 aromatic carbocycles. The van der Waals surface area contributed by atoms with E-state index in [1.54, 1.807) is 12.1 Å². The monoisotopic (exact) mass is 266 g/mol. The molecule has 0 bridgehead atoms. The van der Waals surface area contributed by atoms with Gasteiger partial charge in [-0.2, -0.15) is 5.26 Å². The van der Waals surface area contributed by atoms with E-state index in [1.807, 2.05) is 6.07 Å². The number of benzene rings is 2. The van der Waals surface area contributed by atoms with Crippen molar-refractivity contribution in [3.05, 3.63) is 64.5 Å². The van der Waals surface area contributed by atoms with E-state index in [1.165, 1.54) is 30.0 Å². The van der Waals surface area contributed by atoms with Crippen molar-refractivity contribution < 1.29 is 4.39 Å². The highest BCUT2D eigenvalue weighted by Crippen LogP contribution is 2.23. The first-order valence-corrected chi connectivity index (χ1v) is 6.80. The van der Waals surface area contributed by atoms with Crippen LogP contribution >= 0.6 is 0 Å². The molecule has 0 radical (unpaired) electrons. The number of rotatable bonds is 3. The van der Waals surface area contributed by atoms with Crippen LogP contribution in [0.3, 0.4) is 0 Å². The Labute approximate surface area is 117 Å². The van der Waals surface area contributed by atoms with Crippen molar-refractivity contribution in [2.45, 2.75) is 25.8 Å². The molecule has 0 spiro atoms. The van der Waals surface area contributed by atoms with Crippen molar-refractivity contribution in [2.75, 3.05) is 5.32 Å². The minimum atomic E-state index is -0.384. The Kier molecular flexibility index (Phi) is 3.39. The molecule has 1 aliphatic rings. The third-order valence-corrected chi connectivity index (χ3v) is 3.74. The SMILES string of the molecule is N#Cc1ccc(NCc2ccc3c(c2)CCC3)c(F)c1. The topological polar surface area (TPSA) is 35.8 Å². The van der Waals surface area contributed by atoms with Crippen LogP contribution in [0, 0.1) is 17.1 Å². The van der Waals surface area contributed by atoms with Gasteiger partial charge in [0, 0.05) is 6.54 Å². The van der Waals surface area contributed by atoms with E-state index in [2.05, 4.69) is 23.5 Å². The molecule has 2 aromatic rings. The second-order valence-electron chi connectivity index (χ2n) is 5.12. The fraction of sp³-hybridized carbons (Fsp3) is 0.235. The summed E-state index contributed by atoms with van der Waals surface area (Å²) in [4.78, 5) is 0. The minimum absolute atomic E-state index is 0.339. The van der Waals surface area contributed by atoms with Gasteiger partial charge in [0.1, 0.15) is 5.82 Å². The molecule has 2 nitrogen and oxygen atoms in total. The van der Waals surface area contributed by atoms with Gasteiger partial charge in [-0.25, -0.2) is 4.39 Å². The van der Waals surface area contributed by atoms with Gasteiger partial charge in [-0.3, -0.25) is 0 Å². The molecule has 0 unspecified atom stereocenters. The molecule has 3 heteroatoms. The number of hydrogen-bond donors (Lipinski definition) is 1. The van der Waals surface area contributed by atoms with Crippen molar-refractivity contribution in [3.8, 4) is 6.07 Å². The second-order valence-corrected chi connectivity index (χ2v) is 5.12. The molecule has 3 rings (SSSR count). The van der Waals surface area contributed by atoms with Crippen LogP contribution in [-0.2, 0) is 19.4 Å². The molecule has 0 atom stereocenters. The molecule has 100 valence electrons. The minimum Gasteiger partial charge on any atom is -0.379 e. The van der Waals surface area contributed by atoms with Crippen LogP contribution in [0.2, 0.25) is 0 Å². The number of aryl methyl sites for hydroxylation is 2. The Morgan fingerprint density at radius 3 is 2.75 bits per heavy atom. The van der Waals surface area contributed by atoms with Gasteiger partial charge in [0.15, 0.2) is 0 Å². The van der Waals surface area contributed by atoms with Gasteiger partial charge >= 0.3 is 0 Å². The highest BCUT2D eigenvalue weighted by Gasteiger charge is 2.11. The van der Waals surface area contributed by atoms with Crippen molar-refractivity contribution in [3.63, 3.8) is 0 Å². The first-order chi connectivity index (χ1) is 9.76. The zero-order valence-corrected chi connectivity index (χ0v) is 11.1. The van der Waals surface area contributed by atoms with Gasteiger partial charge in [0.25, 0.3) is 0 Å². The summed E-state index contributed by atoms with van der Waals surface area (Å²) in [6.45, 7) is 0.593. The molecular weight excluding hydrogens is 251 g/mol. The summed E-state index contributed by atoms with van der Waals surface area (Å²) in [5.41, 5.74) is 4.80. The van der Waals surface area contributed by atoms with Crippen LogP contribution in [-0.4, -0.2) is 0 Å². The average molecular weight is 266 g/mol. The standard InChI is InChI=1S/C17H15FN2/c18-16-9-12(10-19)5-7-17(16)20-11-13-4-6-14-2-1-3-15(14)8-13/h4-9,20H,1-3,11H2. The van der Waals surface area contributed by atoms with Crippen LogP contribution in [0.5, 0.6) is 0 Å². The largest absolute Gasteiger partial charge is 0.379 e. The zero-order valence-electron chi connectivity index (χ0n) is 11.1. The highest BCUT2D eigenvalue weighted by atomic mass is 19.1. The summed E-state index contributed by atoms with van der Waals surface area (Å²) in [6, 6.07) is 12.9. The molecule has 1 N–H and O–H groups in total. The van der Waals surface area contributed by atoms with E-state index in [9.17, 15) is 4.39 Å². The fourth-order valence-corrected chi connectivity index (χ4v) is 2.66. The maximum absolute atomic E-state index is 13.7. The van der Waals surface area contributed by atoms with E-state index in [4.69, 9.17) is 5.26 Å². The zero-order chi connectivity index (χ0) is 13.9. The first-order valence-electron chi connectivity index (χ1n) is 6.80. The summed E-state index contributed by atoms with van der Waals surface area (Å²) in [5.74, 6) is -0.384. The number of hydrogen-bond acceptors (Lipinski definition) is 2. The molecule has 0 heterocycles. The number of nitriles is 1. The number of anilines is 1. The van der Waals surface area contributed by atoms with Crippen LogP contribution in [0.25, 0.3) is 0 Å². The fourth-order valence-electron chi connectivity index (χ4n) is 2.66. The number of nitrogens with zero attached hydrogens (tertiary/aromatic N) is 1. The summed E-state index contributed by atoms with van der Waals surface area (Å²) < 4.78 is 13.7. The molecule has 20 heavy (non-hydrogen) atoms. The summed E-state index contributed by atoms with van der Waals surface area (Å²) in [6.07, 6.45) is 3.55. The quantitative estimate of drug-likeness (QED) is 0.917. The maximum Gasteiger partial charge on any atom is 0.147 e. The van der Waals surface area contributed by atoms with Crippen molar-refractivity contribution in [2.24, 2.45) is 0 Å². The summed E-state index contributed by atoms with van der Waals surface area (Å²) >= 11 is 0. The molecule has 0 saturated heterocycles. The molecule has 0 aromatic heterocycles. The van der Waals surface area contributed by atoms with Crippen LogP contribution in [0.1, 0.15) is 28.7 Å². The molecule has 0 aliphatic heterocycles. The molecule has 1 aliphatic carbocycles. The lowest BCUT2D eigenvalue weighted by atomic mass is 10.1. The third kappa shape index (κ3) is 2.50. The predicted octanol–water partition coefficient (Wildman–Crippen LogP) is 3.80. The Morgan fingerprint density at radius 2 is 1.95 bits per heavy atom. The Bertz CT molecular complexity index is 686. The van der Waals surface area contributed by atoms with Gasteiger partial charge < -0.3 is 5.32 Å². The van der Waals surface area contributed by atoms with E-state index in [-0.39, 0.29) is 5.82 Å². The van der Waals surface area contributed by atoms with Crippen molar-refractivity contribution in [1.82, 2.24) is 0 Å². The van der Waals surface area contributed by atoms with Gasteiger partial charge in [-0.05, 0) is 54.2 Å². The predicted molar refractivity (Wildman–Crippen MR) is 76.9 cm³/mol. The van der Waals surface area contributed by atoms with E-state index in [0.717, 1.165) is 12.0 Å². The molecule has 0 saturated carbocycles. The third-order valence-electron chi connectivity index (χ3n) is 3.74. The maximum atomic E-state index is 13.7. The molecule has 0 fully saturated rings. The molecule has 0 amide bonds. The number of nitrogens with one attached hydrogen (secondary N) is 1. The summed E-state index contributed by atoms with van der Waals surface area (Å²) in [5, 5.41) is 11.8. The van der Waals surface area contributed by atoms with Crippen molar-refractivity contribution >= 4 is 5.69 Å². The average Bonchev–Trinajstić information content (AvgIpc) is 2.93. The Morgan fingerprint density at radius 1 is 1.10 bits per heavy atom. The lowest BCUT2D eigenvalue weighted by Crippen LogP contribution is -2.02. The van der Waals surface area contributed by atoms with Crippen molar-refractivity contribution in [1.29, 1.82) is 5.26 Å². The first kappa shape index (κ1) is 12.7. The smallest absolute Gasteiger partial charge is 0.147 e. The van der Waals surface area contributed by atoms with Gasteiger partial charge in [0.2, 0.25) is 0 Å². The van der Waals surface area contributed by atoms with Crippen LogP contribution in [0.15, 0.2) is 36.4 Å². The Balaban J connectivity index is 1.72. The van der Waals surface area contributed by atoms with Crippen LogP contribution < -0.4 is 5.32 Å². The Hall–Kier alpha value is -2.34. The van der Waals surface area contributed by atoms with Gasteiger partial charge in [-0.1, -0.05) is 18.2 Å². The van der Waals surface area contributed by atoms with E-state index in [0.29, 0.717) is 17.8 Å². The van der Waals surface area contributed by atoms with Crippen LogP contribution in [0.4, 0.5) is 10.1 Å². The van der Waals surface area contributed by atoms with E-state index >= 15 is 0 Å². The summed E-state index contributed by atoms with van der Waals surface area (Å²) in [7, 11) is 0. The van der Waals surface area contributed by atoms with Gasteiger partial charge in [-0.15, -0.1) is 0 Å². The lowest BCUT2D eigenvalue weighted by Gasteiger charge is -2.09. The lowest BCUT2D eigenvalue weighted by molar-refractivity contribution is 0.629.